The average Bonchev–Trinajstić information content (AvgIpc) is 2.84. The van der Waals surface area contributed by atoms with Crippen molar-refractivity contribution in [3.63, 3.8) is 0 Å². The second-order valence-electron chi connectivity index (χ2n) is 8.46. The van der Waals surface area contributed by atoms with E-state index in [0.29, 0.717) is 41.7 Å². The van der Waals surface area contributed by atoms with Crippen LogP contribution < -0.4 is 4.90 Å². The van der Waals surface area contributed by atoms with Gasteiger partial charge >= 0.3 is 0 Å². The Morgan fingerprint density at radius 3 is 2.24 bits per heavy atom. The number of sulfonamides is 1. The topological polar surface area (TPSA) is 73.8 Å². The zero-order valence-corrected chi connectivity index (χ0v) is 21.0. The largest absolute Gasteiger partial charge is 0.354 e. The molecule has 0 N–H and O–H groups in total. The van der Waals surface area contributed by atoms with Crippen LogP contribution in [0, 0.1) is 6.92 Å². The lowest BCUT2D eigenvalue weighted by atomic mass is 10.0. The van der Waals surface area contributed by atoms with Crippen LogP contribution in [0.1, 0.15) is 15.9 Å². The lowest BCUT2D eigenvalue weighted by Gasteiger charge is -2.35. The highest BCUT2D eigenvalue weighted by atomic mass is 35.5. The summed E-state index contributed by atoms with van der Waals surface area (Å²) in [6.07, 6.45) is 1.79. The van der Waals surface area contributed by atoms with Gasteiger partial charge in [-0.2, -0.15) is 4.31 Å². The first-order valence-corrected chi connectivity index (χ1v) is 12.8. The first kappa shape index (κ1) is 24.2. The molecule has 178 valence electrons. The monoisotopic (exact) mass is 498 g/mol. The molecule has 1 aliphatic rings. The molecule has 1 aromatic heterocycles. The number of hydrogen-bond donors (Lipinski definition) is 0. The van der Waals surface area contributed by atoms with Crippen LogP contribution in [-0.4, -0.2) is 68.8 Å². The van der Waals surface area contributed by atoms with Crippen molar-refractivity contribution in [1.82, 2.24) is 14.2 Å². The van der Waals surface area contributed by atoms with Crippen LogP contribution in [0.3, 0.4) is 0 Å². The van der Waals surface area contributed by atoms with Crippen LogP contribution in [-0.2, 0) is 10.0 Å². The van der Waals surface area contributed by atoms with Crippen LogP contribution in [0.25, 0.3) is 11.1 Å². The van der Waals surface area contributed by atoms with Crippen LogP contribution >= 0.6 is 11.6 Å². The third kappa shape index (κ3) is 4.80. The Balaban J connectivity index is 1.48. The summed E-state index contributed by atoms with van der Waals surface area (Å²) in [6, 6.07) is 15.9. The van der Waals surface area contributed by atoms with Gasteiger partial charge in [0.1, 0.15) is 5.82 Å². The van der Waals surface area contributed by atoms with E-state index >= 15 is 0 Å². The SMILES string of the molecule is Cc1cc(-c2ccc(C(=O)N(C)C)c(Cl)c2)cnc1N1CCN(S(=O)(=O)c2ccccc2)CC1. The number of nitrogens with zero attached hydrogens (tertiary/aromatic N) is 4. The van der Waals surface area contributed by atoms with E-state index in [0.717, 1.165) is 22.5 Å². The van der Waals surface area contributed by atoms with Crippen molar-refractivity contribution < 1.29 is 13.2 Å². The van der Waals surface area contributed by atoms with Gasteiger partial charge in [-0.15, -0.1) is 0 Å². The lowest BCUT2D eigenvalue weighted by Crippen LogP contribution is -2.49. The van der Waals surface area contributed by atoms with E-state index in [-0.39, 0.29) is 5.91 Å². The molecule has 0 atom stereocenters. The quantitative estimate of drug-likeness (QED) is 0.533. The number of aryl methyl sites for hydroxylation is 1. The Kier molecular flexibility index (Phi) is 6.93. The van der Waals surface area contributed by atoms with E-state index in [1.54, 1.807) is 62.8 Å². The maximum absolute atomic E-state index is 12.9. The van der Waals surface area contributed by atoms with E-state index in [9.17, 15) is 13.2 Å². The van der Waals surface area contributed by atoms with E-state index in [2.05, 4.69) is 9.88 Å². The summed E-state index contributed by atoms with van der Waals surface area (Å²) >= 11 is 6.38. The third-order valence-corrected chi connectivity index (χ3v) is 8.13. The van der Waals surface area contributed by atoms with Gasteiger partial charge in [0.2, 0.25) is 10.0 Å². The standard InChI is InChI=1S/C25H27ClN4O3S/c1-18-15-20(19-9-10-22(23(26)16-19)25(31)28(2)3)17-27-24(18)29-11-13-30(14-12-29)34(32,33)21-7-5-4-6-8-21/h4-10,15-17H,11-14H2,1-3H3. The lowest BCUT2D eigenvalue weighted by molar-refractivity contribution is 0.0828. The van der Waals surface area contributed by atoms with Crippen LogP contribution in [0.5, 0.6) is 0 Å². The summed E-state index contributed by atoms with van der Waals surface area (Å²) in [5.74, 6) is 0.695. The van der Waals surface area contributed by atoms with Gasteiger partial charge < -0.3 is 9.80 Å². The second kappa shape index (κ2) is 9.74. The summed E-state index contributed by atoms with van der Waals surface area (Å²) in [6.45, 7) is 3.91. The predicted molar refractivity (Wildman–Crippen MR) is 135 cm³/mol. The fourth-order valence-corrected chi connectivity index (χ4v) is 5.75. The maximum atomic E-state index is 12.9. The first-order valence-electron chi connectivity index (χ1n) is 11.0. The number of amides is 1. The summed E-state index contributed by atoms with van der Waals surface area (Å²) in [5.41, 5.74) is 3.22. The molecule has 1 saturated heterocycles. The molecule has 0 unspecified atom stereocenters. The van der Waals surface area contributed by atoms with Gasteiger partial charge in [-0.25, -0.2) is 13.4 Å². The van der Waals surface area contributed by atoms with Crippen molar-refractivity contribution in [3.8, 4) is 11.1 Å². The smallest absolute Gasteiger partial charge is 0.254 e. The number of pyridine rings is 1. The average molecular weight is 499 g/mol. The van der Waals surface area contributed by atoms with Crippen molar-refractivity contribution in [3.05, 3.63) is 76.9 Å². The van der Waals surface area contributed by atoms with Gasteiger partial charge in [0.25, 0.3) is 5.91 Å². The summed E-state index contributed by atoms with van der Waals surface area (Å²) in [4.78, 5) is 20.8. The molecule has 34 heavy (non-hydrogen) atoms. The molecule has 7 nitrogen and oxygen atoms in total. The van der Waals surface area contributed by atoms with Crippen molar-refractivity contribution in [2.24, 2.45) is 0 Å². The van der Waals surface area contributed by atoms with Crippen LogP contribution in [0.15, 0.2) is 65.7 Å². The molecule has 9 heteroatoms. The molecule has 4 rings (SSSR count). The first-order chi connectivity index (χ1) is 16.2. The Morgan fingerprint density at radius 1 is 0.971 bits per heavy atom. The molecule has 1 fully saturated rings. The molecule has 1 amide bonds. The molecule has 1 aliphatic heterocycles. The summed E-state index contributed by atoms with van der Waals surface area (Å²) in [5, 5.41) is 0.397. The number of anilines is 1. The number of benzene rings is 2. The maximum Gasteiger partial charge on any atom is 0.254 e. The molecule has 0 bridgehead atoms. The Morgan fingerprint density at radius 2 is 1.65 bits per heavy atom. The van der Waals surface area contributed by atoms with Gasteiger partial charge in [0, 0.05) is 52.0 Å². The summed E-state index contributed by atoms with van der Waals surface area (Å²) in [7, 11) is -0.113. The number of piperazine rings is 1. The number of carbonyl (C=O) groups is 1. The Hall–Kier alpha value is -2.94. The second-order valence-corrected chi connectivity index (χ2v) is 10.8. The Labute approximate surface area is 205 Å². The van der Waals surface area contributed by atoms with E-state index < -0.39 is 10.0 Å². The van der Waals surface area contributed by atoms with Crippen molar-refractivity contribution in [2.45, 2.75) is 11.8 Å². The van der Waals surface area contributed by atoms with Crippen molar-refractivity contribution in [1.29, 1.82) is 0 Å². The number of aromatic nitrogens is 1. The van der Waals surface area contributed by atoms with E-state index in [1.165, 1.54) is 9.21 Å². The normalized spacial score (nSPS) is 14.8. The highest BCUT2D eigenvalue weighted by Gasteiger charge is 2.29. The number of halogens is 1. The molecule has 2 aromatic carbocycles. The van der Waals surface area contributed by atoms with E-state index in [1.807, 2.05) is 19.1 Å². The van der Waals surface area contributed by atoms with Crippen molar-refractivity contribution >= 4 is 33.3 Å². The number of hydrogen-bond acceptors (Lipinski definition) is 5. The predicted octanol–water partition coefficient (Wildman–Crippen LogP) is 3.92. The molecule has 0 aliphatic carbocycles. The van der Waals surface area contributed by atoms with Crippen molar-refractivity contribution in [2.75, 3.05) is 45.2 Å². The number of rotatable bonds is 5. The Bertz CT molecular complexity index is 1300. The van der Waals surface area contributed by atoms with Gasteiger partial charge in [-0.3, -0.25) is 4.79 Å². The third-order valence-electron chi connectivity index (χ3n) is 5.91. The molecule has 0 saturated carbocycles. The highest BCUT2D eigenvalue weighted by Crippen LogP contribution is 2.29. The number of carbonyl (C=O) groups excluding carboxylic acids is 1. The minimum absolute atomic E-state index is 0.144. The van der Waals surface area contributed by atoms with Gasteiger partial charge in [0.05, 0.1) is 15.5 Å². The minimum atomic E-state index is -3.49. The van der Waals surface area contributed by atoms with E-state index in [4.69, 9.17) is 11.6 Å². The zero-order valence-electron chi connectivity index (χ0n) is 19.4. The molecule has 0 spiro atoms. The van der Waals surface area contributed by atoms with Gasteiger partial charge in [0.15, 0.2) is 0 Å². The molecular weight excluding hydrogens is 472 g/mol. The fraction of sp³-hybridized carbons (Fsp3) is 0.280. The van der Waals surface area contributed by atoms with Crippen LogP contribution in [0.4, 0.5) is 5.82 Å². The molecule has 2 heterocycles. The highest BCUT2D eigenvalue weighted by molar-refractivity contribution is 7.89. The fourth-order valence-electron chi connectivity index (χ4n) is 4.05. The van der Waals surface area contributed by atoms with Gasteiger partial charge in [-0.1, -0.05) is 35.9 Å². The van der Waals surface area contributed by atoms with Gasteiger partial charge in [-0.05, 0) is 48.4 Å². The zero-order chi connectivity index (χ0) is 24.5. The summed E-state index contributed by atoms with van der Waals surface area (Å²) < 4.78 is 27.3. The molecule has 3 aromatic rings. The van der Waals surface area contributed by atoms with Crippen LogP contribution in [0.2, 0.25) is 5.02 Å². The molecule has 0 radical (unpaired) electrons. The molecular formula is C25H27ClN4O3S. The minimum Gasteiger partial charge on any atom is -0.354 e.